The zero-order valence-electron chi connectivity index (χ0n) is 6.49. The van der Waals surface area contributed by atoms with Gasteiger partial charge >= 0.3 is 0 Å². The van der Waals surface area contributed by atoms with E-state index in [9.17, 15) is 0 Å². The van der Waals surface area contributed by atoms with Crippen LogP contribution in [0.5, 0.6) is 0 Å². The van der Waals surface area contributed by atoms with Crippen LogP contribution >= 0.6 is 0 Å². The molecule has 52 valence electrons. The van der Waals surface area contributed by atoms with Crippen molar-refractivity contribution in [1.29, 1.82) is 0 Å². The quantitative estimate of drug-likeness (QED) is 0.550. The second-order valence-corrected chi connectivity index (χ2v) is 2.08. The number of hydrogen-bond acceptors (Lipinski definition) is 1. The number of unbranched alkanes of at least 4 members (excludes halogenated alkanes) is 1. The molecule has 0 spiro atoms. The van der Waals surface area contributed by atoms with Gasteiger partial charge in [0.2, 0.25) is 0 Å². The normalized spacial score (nSPS) is 11.9. The van der Waals surface area contributed by atoms with Gasteiger partial charge in [-0.1, -0.05) is 12.8 Å². The molecule has 0 aliphatic rings. The summed E-state index contributed by atoms with van der Waals surface area (Å²) in [4.78, 5) is 0. The van der Waals surface area contributed by atoms with Gasteiger partial charge in [0, 0.05) is 6.42 Å². The summed E-state index contributed by atoms with van der Waals surface area (Å²) in [6, 6.07) is 0.344. The first-order valence-electron chi connectivity index (χ1n) is 3.47. The van der Waals surface area contributed by atoms with Gasteiger partial charge in [-0.05, 0) is 20.4 Å². The summed E-state index contributed by atoms with van der Waals surface area (Å²) >= 11 is 0. The number of hydrogen-bond donors (Lipinski definition) is 1. The lowest BCUT2D eigenvalue weighted by molar-refractivity contribution is 0.748. The van der Waals surface area contributed by atoms with E-state index in [0.29, 0.717) is 6.04 Å². The summed E-state index contributed by atoms with van der Waals surface area (Å²) in [6.07, 6.45) is 2.18. The second kappa shape index (κ2) is 5.65. The van der Waals surface area contributed by atoms with Crippen LogP contribution in [0.4, 0.5) is 0 Å². The topological polar surface area (TPSA) is 12.0 Å². The Morgan fingerprint density at radius 1 is 1.56 bits per heavy atom. The zero-order valence-corrected chi connectivity index (χ0v) is 6.49. The van der Waals surface area contributed by atoms with Crippen LogP contribution < -0.4 is 5.32 Å². The van der Waals surface area contributed by atoms with Gasteiger partial charge in [-0.15, -0.1) is 5.92 Å². The lowest BCUT2D eigenvalue weighted by Gasteiger charge is -1.96. The first-order valence-corrected chi connectivity index (χ1v) is 3.47. The molecule has 1 unspecified atom stereocenters. The average molecular weight is 125 g/mol. The van der Waals surface area contributed by atoms with E-state index in [-0.39, 0.29) is 0 Å². The summed E-state index contributed by atoms with van der Waals surface area (Å²) in [5.41, 5.74) is 0. The molecule has 9 heavy (non-hydrogen) atoms. The van der Waals surface area contributed by atoms with Crippen molar-refractivity contribution >= 4 is 0 Å². The lowest BCUT2D eigenvalue weighted by Crippen LogP contribution is -2.18. The van der Waals surface area contributed by atoms with Crippen LogP contribution in [0.1, 0.15) is 26.7 Å². The van der Waals surface area contributed by atoms with Gasteiger partial charge in [-0.3, -0.25) is 0 Å². The predicted molar refractivity (Wildman–Crippen MR) is 41.2 cm³/mol. The Balaban J connectivity index is 3.33. The van der Waals surface area contributed by atoms with E-state index in [4.69, 9.17) is 0 Å². The Labute approximate surface area is 57.8 Å². The molecule has 1 heteroatoms. The lowest BCUT2D eigenvalue weighted by atomic mass is 10.3. The molecule has 0 aromatic carbocycles. The van der Waals surface area contributed by atoms with Crippen molar-refractivity contribution in [3.63, 3.8) is 0 Å². The Morgan fingerprint density at radius 2 is 2.22 bits per heavy atom. The summed E-state index contributed by atoms with van der Waals surface area (Å²) < 4.78 is 0. The van der Waals surface area contributed by atoms with E-state index in [1.807, 2.05) is 7.05 Å². The maximum absolute atomic E-state index is 3.07. The molecule has 0 aromatic rings. The van der Waals surface area contributed by atoms with Crippen LogP contribution in [0.2, 0.25) is 0 Å². The smallest absolute Gasteiger partial charge is 0.0658 e. The van der Waals surface area contributed by atoms with E-state index in [1.54, 1.807) is 0 Å². The molecule has 0 saturated heterocycles. The third-order valence-electron chi connectivity index (χ3n) is 1.13. The number of rotatable bonds is 2. The van der Waals surface area contributed by atoms with Crippen molar-refractivity contribution in [1.82, 2.24) is 5.32 Å². The Bertz CT molecular complexity index is 107. The third-order valence-corrected chi connectivity index (χ3v) is 1.13. The van der Waals surface area contributed by atoms with E-state index < -0.39 is 0 Å². The highest BCUT2D eigenvalue weighted by molar-refractivity contribution is 5.05. The summed E-state index contributed by atoms with van der Waals surface area (Å²) in [5, 5.41) is 3.05. The first kappa shape index (κ1) is 8.52. The second-order valence-electron chi connectivity index (χ2n) is 2.08. The van der Waals surface area contributed by atoms with E-state index >= 15 is 0 Å². The molecule has 0 aliphatic carbocycles. The van der Waals surface area contributed by atoms with Crippen molar-refractivity contribution in [2.45, 2.75) is 32.7 Å². The highest BCUT2D eigenvalue weighted by Crippen LogP contribution is 1.82. The molecule has 0 saturated carbocycles. The maximum atomic E-state index is 3.07. The molecule has 0 radical (unpaired) electrons. The van der Waals surface area contributed by atoms with Gasteiger partial charge in [-0.2, -0.15) is 0 Å². The van der Waals surface area contributed by atoms with Gasteiger partial charge < -0.3 is 5.32 Å². The molecule has 1 N–H and O–H groups in total. The van der Waals surface area contributed by atoms with E-state index in [0.717, 1.165) is 12.8 Å². The summed E-state index contributed by atoms with van der Waals surface area (Å²) in [7, 11) is 1.92. The minimum atomic E-state index is 0.344. The monoisotopic (exact) mass is 125 g/mol. The Hall–Kier alpha value is -0.480. The fourth-order valence-corrected chi connectivity index (χ4v) is 0.422. The van der Waals surface area contributed by atoms with Crippen LogP contribution in [0, 0.1) is 11.8 Å². The molecule has 0 fully saturated rings. The maximum Gasteiger partial charge on any atom is 0.0658 e. The minimum absolute atomic E-state index is 0.344. The van der Waals surface area contributed by atoms with Crippen molar-refractivity contribution in [3.8, 4) is 11.8 Å². The zero-order chi connectivity index (χ0) is 7.11. The van der Waals surface area contributed by atoms with Gasteiger partial charge in [-0.25, -0.2) is 0 Å². The SMILES string of the molecule is CCCC#CC(C)NC. The molecule has 1 nitrogen and oxygen atoms in total. The molecular formula is C8H15N. The molecule has 0 rings (SSSR count). The van der Waals surface area contributed by atoms with Crippen molar-refractivity contribution in [2.24, 2.45) is 0 Å². The van der Waals surface area contributed by atoms with Gasteiger partial charge in [0.25, 0.3) is 0 Å². The largest absolute Gasteiger partial charge is 0.307 e. The molecule has 1 atom stereocenters. The minimum Gasteiger partial charge on any atom is -0.307 e. The Morgan fingerprint density at radius 3 is 2.67 bits per heavy atom. The van der Waals surface area contributed by atoms with Crippen molar-refractivity contribution < 1.29 is 0 Å². The third kappa shape index (κ3) is 5.39. The number of nitrogens with one attached hydrogen (secondary N) is 1. The standard InChI is InChI=1S/C8H15N/c1-4-5-6-7-8(2)9-3/h8-9H,4-5H2,1-3H3. The van der Waals surface area contributed by atoms with Gasteiger partial charge in [0.15, 0.2) is 0 Å². The molecule has 0 aromatic heterocycles. The highest BCUT2D eigenvalue weighted by atomic mass is 14.8. The molecule has 0 aliphatic heterocycles. The van der Waals surface area contributed by atoms with Gasteiger partial charge in [0.1, 0.15) is 0 Å². The van der Waals surface area contributed by atoms with E-state index in [1.165, 1.54) is 0 Å². The molecule has 0 bridgehead atoms. The fraction of sp³-hybridized carbons (Fsp3) is 0.750. The predicted octanol–water partition coefficient (Wildman–Crippen LogP) is 1.40. The Kier molecular flexibility index (Phi) is 5.35. The van der Waals surface area contributed by atoms with Crippen LogP contribution in [0.3, 0.4) is 0 Å². The molecule has 0 amide bonds. The van der Waals surface area contributed by atoms with Crippen molar-refractivity contribution in [2.75, 3.05) is 7.05 Å². The fourth-order valence-electron chi connectivity index (χ4n) is 0.422. The van der Waals surface area contributed by atoms with Gasteiger partial charge in [0.05, 0.1) is 6.04 Å². The van der Waals surface area contributed by atoms with Crippen LogP contribution in [0.15, 0.2) is 0 Å². The van der Waals surface area contributed by atoms with Crippen LogP contribution in [-0.2, 0) is 0 Å². The first-order chi connectivity index (χ1) is 4.31. The van der Waals surface area contributed by atoms with E-state index in [2.05, 4.69) is 31.0 Å². The average Bonchev–Trinajstić information content (AvgIpc) is 1.89. The van der Waals surface area contributed by atoms with Crippen LogP contribution in [-0.4, -0.2) is 13.1 Å². The van der Waals surface area contributed by atoms with Crippen molar-refractivity contribution in [3.05, 3.63) is 0 Å². The molecule has 0 heterocycles. The van der Waals surface area contributed by atoms with Crippen LogP contribution in [0.25, 0.3) is 0 Å². The highest BCUT2D eigenvalue weighted by Gasteiger charge is 1.85. The summed E-state index contributed by atoms with van der Waals surface area (Å²) in [6.45, 7) is 4.20. The summed E-state index contributed by atoms with van der Waals surface area (Å²) in [5.74, 6) is 6.15. The molecular weight excluding hydrogens is 110 g/mol.